The Labute approximate surface area is 232 Å². The summed E-state index contributed by atoms with van der Waals surface area (Å²) in [7, 11) is 0. The van der Waals surface area contributed by atoms with Crippen LogP contribution in [0.5, 0.6) is 0 Å². The van der Waals surface area contributed by atoms with Crippen LogP contribution in [0.1, 0.15) is 28.8 Å². The van der Waals surface area contributed by atoms with Crippen LogP contribution in [0, 0.1) is 5.82 Å². The van der Waals surface area contributed by atoms with Crippen molar-refractivity contribution in [3.63, 3.8) is 0 Å². The monoisotopic (exact) mass is 534 g/mol. The summed E-state index contributed by atoms with van der Waals surface area (Å²) >= 11 is 0. The molecule has 0 aliphatic heterocycles. The minimum Gasteiger partial charge on any atom is -0.480 e. The molecule has 40 heavy (non-hydrogen) atoms. The first kappa shape index (κ1) is 25.8. The van der Waals surface area contributed by atoms with Gasteiger partial charge in [-0.2, -0.15) is 0 Å². The van der Waals surface area contributed by atoms with Crippen LogP contribution in [0.25, 0.3) is 21.7 Å². The van der Waals surface area contributed by atoms with E-state index in [0.717, 1.165) is 51.3 Å². The third-order valence-electron chi connectivity index (χ3n) is 8.16. The van der Waals surface area contributed by atoms with Crippen molar-refractivity contribution in [2.75, 3.05) is 6.54 Å². The van der Waals surface area contributed by atoms with Crippen molar-refractivity contribution < 1.29 is 19.1 Å². The Kier molecular flexibility index (Phi) is 7.08. The fraction of sp³-hybridized carbons (Fsp3) is 0.235. The summed E-state index contributed by atoms with van der Waals surface area (Å²) in [6.45, 7) is 0.412. The molecule has 1 unspecified atom stereocenters. The highest BCUT2D eigenvalue weighted by molar-refractivity contribution is 5.91. The van der Waals surface area contributed by atoms with Gasteiger partial charge < -0.3 is 14.6 Å². The van der Waals surface area contributed by atoms with Gasteiger partial charge in [-0.3, -0.25) is 9.59 Å². The molecule has 6 heteroatoms. The van der Waals surface area contributed by atoms with Crippen molar-refractivity contribution in [1.29, 1.82) is 0 Å². The summed E-state index contributed by atoms with van der Waals surface area (Å²) in [5, 5.41) is 12.5. The Balaban J connectivity index is 1.34. The summed E-state index contributed by atoms with van der Waals surface area (Å²) in [6.07, 6.45) is 2.96. The Morgan fingerprint density at radius 2 is 1.70 bits per heavy atom. The maximum absolute atomic E-state index is 14.4. The standard InChI is InChI=1S/C34H31FN2O3/c35-26-13-15-31-29(20-26)30-21-27(14-16-32(30)37(31)22-34(39)40)36(18-17-23-7-2-1-3-8-23)33(38)19-25-11-6-10-24-9-4-5-12-28(24)25/h1-13,15,20,27H,14,16-19,21-22H2,(H,39,40). The topological polar surface area (TPSA) is 62.5 Å². The molecule has 0 fully saturated rings. The molecule has 1 heterocycles. The number of benzene rings is 4. The van der Waals surface area contributed by atoms with Crippen LogP contribution >= 0.6 is 0 Å². The number of amides is 1. The zero-order valence-electron chi connectivity index (χ0n) is 22.2. The van der Waals surface area contributed by atoms with Crippen LogP contribution < -0.4 is 0 Å². The molecule has 6 rings (SSSR count). The average molecular weight is 535 g/mol. The number of halogens is 1. The lowest BCUT2D eigenvalue weighted by Gasteiger charge is -2.35. The highest BCUT2D eigenvalue weighted by atomic mass is 19.1. The number of carboxylic acid groups (broad SMARTS) is 1. The van der Waals surface area contributed by atoms with E-state index in [1.807, 2.05) is 47.4 Å². The highest BCUT2D eigenvalue weighted by Crippen LogP contribution is 2.35. The fourth-order valence-electron chi connectivity index (χ4n) is 6.30. The van der Waals surface area contributed by atoms with Gasteiger partial charge in [-0.15, -0.1) is 0 Å². The molecular formula is C34H31FN2O3. The summed E-state index contributed by atoms with van der Waals surface area (Å²) < 4.78 is 16.2. The predicted octanol–water partition coefficient (Wildman–Crippen LogP) is 6.19. The molecular weight excluding hydrogens is 503 g/mol. The minimum absolute atomic E-state index is 0.0640. The summed E-state index contributed by atoms with van der Waals surface area (Å²) in [5.41, 5.74) is 4.79. The van der Waals surface area contributed by atoms with Gasteiger partial charge in [0.25, 0.3) is 0 Å². The first-order chi connectivity index (χ1) is 19.5. The van der Waals surface area contributed by atoms with Gasteiger partial charge in [0.15, 0.2) is 0 Å². The van der Waals surface area contributed by atoms with E-state index < -0.39 is 5.97 Å². The maximum atomic E-state index is 14.4. The van der Waals surface area contributed by atoms with E-state index in [0.29, 0.717) is 25.8 Å². The lowest BCUT2D eigenvalue weighted by atomic mass is 9.89. The zero-order chi connectivity index (χ0) is 27.6. The number of aromatic nitrogens is 1. The molecule has 1 aliphatic rings. The van der Waals surface area contributed by atoms with E-state index >= 15 is 0 Å². The summed E-state index contributed by atoms with van der Waals surface area (Å²) in [4.78, 5) is 27.7. The zero-order valence-corrected chi connectivity index (χ0v) is 22.2. The van der Waals surface area contributed by atoms with Crippen LogP contribution in [-0.4, -0.2) is 39.0 Å². The molecule has 1 N–H and O–H groups in total. The van der Waals surface area contributed by atoms with Crippen LogP contribution in [0.4, 0.5) is 4.39 Å². The van der Waals surface area contributed by atoms with Crippen LogP contribution in [0.15, 0.2) is 91.0 Å². The van der Waals surface area contributed by atoms with Crippen molar-refractivity contribution >= 4 is 33.6 Å². The summed E-state index contributed by atoms with van der Waals surface area (Å²) in [6, 6.07) is 28.9. The van der Waals surface area contributed by atoms with Gasteiger partial charge in [-0.1, -0.05) is 72.8 Å². The SMILES string of the molecule is O=C(O)Cn1c2c(c3cc(F)ccc31)CC(N(CCc1ccccc1)C(=O)Cc1cccc3ccccc13)CC2. The molecule has 0 radical (unpaired) electrons. The van der Waals surface area contributed by atoms with E-state index in [1.54, 1.807) is 10.6 Å². The van der Waals surface area contributed by atoms with Crippen LogP contribution in [0.3, 0.4) is 0 Å². The number of aliphatic carboxylic acids is 1. The molecule has 0 saturated heterocycles. The molecule has 0 bridgehead atoms. The van der Waals surface area contributed by atoms with Crippen LogP contribution in [0.2, 0.25) is 0 Å². The second-order valence-corrected chi connectivity index (χ2v) is 10.6. The molecule has 0 saturated carbocycles. The van der Waals surface area contributed by atoms with Gasteiger partial charge >= 0.3 is 5.97 Å². The second kappa shape index (κ2) is 11.0. The molecule has 4 aromatic carbocycles. The predicted molar refractivity (Wildman–Crippen MR) is 155 cm³/mol. The Morgan fingerprint density at radius 1 is 0.925 bits per heavy atom. The van der Waals surface area contributed by atoms with E-state index in [9.17, 15) is 19.1 Å². The molecule has 202 valence electrons. The van der Waals surface area contributed by atoms with Gasteiger partial charge in [0.2, 0.25) is 5.91 Å². The van der Waals surface area contributed by atoms with Crippen LogP contribution in [-0.2, 0) is 41.8 Å². The third-order valence-corrected chi connectivity index (χ3v) is 8.16. The number of hydrogen-bond donors (Lipinski definition) is 1. The van der Waals surface area contributed by atoms with Gasteiger partial charge in [0.05, 0.1) is 6.42 Å². The molecule has 1 amide bonds. The Morgan fingerprint density at radius 3 is 2.52 bits per heavy atom. The second-order valence-electron chi connectivity index (χ2n) is 10.6. The van der Waals surface area contributed by atoms with Gasteiger partial charge in [-0.25, -0.2) is 4.39 Å². The molecule has 1 aromatic heterocycles. The number of carboxylic acids is 1. The Hall–Kier alpha value is -4.45. The van der Waals surface area contributed by atoms with Crippen molar-refractivity contribution in [3.8, 4) is 0 Å². The first-order valence-electron chi connectivity index (χ1n) is 13.8. The fourth-order valence-corrected chi connectivity index (χ4v) is 6.30. The highest BCUT2D eigenvalue weighted by Gasteiger charge is 2.32. The third kappa shape index (κ3) is 5.09. The van der Waals surface area contributed by atoms with Crippen molar-refractivity contribution in [3.05, 3.63) is 119 Å². The first-order valence-corrected chi connectivity index (χ1v) is 13.8. The largest absolute Gasteiger partial charge is 0.480 e. The lowest BCUT2D eigenvalue weighted by Crippen LogP contribution is -2.45. The van der Waals surface area contributed by atoms with Crippen molar-refractivity contribution in [1.82, 2.24) is 9.47 Å². The van der Waals surface area contributed by atoms with Gasteiger partial charge in [0.1, 0.15) is 12.4 Å². The molecule has 1 aliphatic carbocycles. The molecule has 1 atom stereocenters. The maximum Gasteiger partial charge on any atom is 0.323 e. The number of nitrogens with zero attached hydrogens (tertiary/aromatic N) is 2. The van der Waals surface area contributed by atoms with Gasteiger partial charge in [0, 0.05) is 29.2 Å². The van der Waals surface area contributed by atoms with Gasteiger partial charge in [-0.05, 0) is 71.3 Å². The number of rotatable bonds is 8. The number of fused-ring (bicyclic) bond motifs is 4. The van der Waals surface area contributed by atoms with Crippen molar-refractivity contribution in [2.24, 2.45) is 0 Å². The number of carbonyl (C=O) groups excluding carboxylic acids is 1. The normalized spacial score (nSPS) is 14.8. The summed E-state index contributed by atoms with van der Waals surface area (Å²) in [5.74, 6) is -1.21. The molecule has 0 spiro atoms. The molecule has 5 aromatic rings. The number of carbonyl (C=O) groups is 2. The van der Waals surface area contributed by atoms with E-state index in [2.05, 4.69) is 30.3 Å². The minimum atomic E-state index is -0.930. The smallest absolute Gasteiger partial charge is 0.323 e. The van der Waals surface area contributed by atoms with Crippen molar-refractivity contribution in [2.45, 2.75) is 44.7 Å². The van der Waals surface area contributed by atoms with E-state index in [4.69, 9.17) is 0 Å². The lowest BCUT2D eigenvalue weighted by molar-refractivity contribution is -0.137. The quantitative estimate of drug-likeness (QED) is 0.258. The number of hydrogen-bond acceptors (Lipinski definition) is 2. The van der Waals surface area contributed by atoms with E-state index in [1.165, 1.54) is 17.7 Å². The Bertz CT molecular complexity index is 1700. The van der Waals surface area contributed by atoms with E-state index in [-0.39, 0.29) is 24.3 Å². The average Bonchev–Trinajstić information content (AvgIpc) is 3.25. The molecule has 5 nitrogen and oxygen atoms in total.